The van der Waals surface area contributed by atoms with Crippen LogP contribution < -0.4 is 10.7 Å². The van der Waals surface area contributed by atoms with Gasteiger partial charge in [-0.3, -0.25) is 4.79 Å². The third kappa shape index (κ3) is 3.47. The van der Waals surface area contributed by atoms with E-state index >= 15 is 0 Å². The fraction of sp³-hybridized carbons (Fsp3) is 0.250. The number of benzene rings is 2. The van der Waals surface area contributed by atoms with E-state index in [1.807, 2.05) is 39.0 Å². The first kappa shape index (κ1) is 18.5. The Morgan fingerprint density at radius 1 is 1.11 bits per heavy atom. The van der Waals surface area contributed by atoms with Crippen molar-refractivity contribution in [3.8, 4) is 0 Å². The molecule has 3 aromatic rings. The summed E-state index contributed by atoms with van der Waals surface area (Å²) in [5.74, 6) is 0.231. The van der Waals surface area contributed by atoms with Crippen molar-refractivity contribution >= 4 is 23.4 Å². The van der Waals surface area contributed by atoms with Gasteiger partial charge >= 0.3 is 0 Å². The highest BCUT2D eigenvalue weighted by atomic mass is 32.2. The summed E-state index contributed by atoms with van der Waals surface area (Å²) in [6.07, 6.45) is 0. The molecule has 0 unspecified atom stereocenters. The normalized spacial score (nSPS) is 18.3. The summed E-state index contributed by atoms with van der Waals surface area (Å²) in [5.41, 5.74) is 7.14. The van der Waals surface area contributed by atoms with Crippen LogP contribution in [0, 0.1) is 26.6 Å². The lowest BCUT2D eigenvalue weighted by atomic mass is 10.0. The second-order valence-electron chi connectivity index (χ2n) is 6.85. The molecule has 2 atom stereocenters. The average Bonchev–Trinajstić information content (AvgIpc) is 3.04. The molecular formula is C20H20FN5OS. The maximum atomic E-state index is 13.4. The summed E-state index contributed by atoms with van der Waals surface area (Å²) < 4.78 is 15.2. The number of carbonyl (C=O) groups excluding carboxylic acids is 1. The van der Waals surface area contributed by atoms with Gasteiger partial charge in [-0.05, 0) is 61.7 Å². The Bertz CT molecular complexity index is 1030. The maximum Gasteiger partial charge on any atom is 0.240 e. The molecular weight excluding hydrogens is 377 g/mol. The molecule has 1 aromatic heterocycles. The van der Waals surface area contributed by atoms with E-state index in [0.29, 0.717) is 11.0 Å². The van der Waals surface area contributed by atoms with Crippen LogP contribution in [0.5, 0.6) is 0 Å². The molecule has 1 aliphatic heterocycles. The molecule has 144 valence electrons. The number of nitrogens with one attached hydrogen (secondary N) is 2. The molecule has 2 N–H and O–H groups in total. The molecule has 28 heavy (non-hydrogen) atoms. The zero-order chi connectivity index (χ0) is 19.8. The minimum Gasteiger partial charge on any atom is -0.325 e. The van der Waals surface area contributed by atoms with Crippen LogP contribution in [0.2, 0.25) is 0 Å². The van der Waals surface area contributed by atoms with Crippen molar-refractivity contribution in [3.05, 3.63) is 70.8 Å². The molecule has 0 radical (unpaired) electrons. The largest absolute Gasteiger partial charge is 0.325 e. The third-order valence-electron chi connectivity index (χ3n) is 4.86. The topological polar surface area (TPSA) is 71.8 Å². The van der Waals surface area contributed by atoms with Gasteiger partial charge in [-0.15, -0.1) is 10.2 Å². The Hall–Kier alpha value is -2.87. The van der Waals surface area contributed by atoms with Crippen LogP contribution in [0.3, 0.4) is 0 Å². The van der Waals surface area contributed by atoms with E-state index in [-0.39, 0.29) is 17.8 Å². The molecule has 1 amide bonds. The molecule has 0 fully saturated rings. The number of halogens is 1. The Morgan fingerprint density at radius 2 is 1.86 bits per heavy atom. The number of thioether (sulfide) groups is 1. The van der Waals surface area contributed by atoms with Gasteiger partial charge in [0.15, 0.2) is 0 Å². The van der Waals surface area contributed by atoms with Gasteiger partial charge in [0.2, 0.25) is 11.1 Å². The van der Waals surface area contributed by atoms with E-state index in [0.717, 1.165) is 16.8 Å². The van der Waals surface area contributed by atoms with E-state index in [2.05, 4.69) is 20.9 Å². The number of aryl methyl sites for hydroxylation is 3. The molecule has 2 heterocycles. The third-order valence-corrected chi connectivity index (χ3v) is 6.08. The Labute approximate surface area is 166 Å². The standard InChI is InChI=1S/C20H20FN5OS/c1-11-4-9-16(10-12(11)2)22-19(27)18-17(14-5-7-15(21)8-6-14)25-26-13(3)23-24-20(26)28-18/h4-10,17-18,25H,1-3H3,(H,22,27)/t17-,18+/m1/s1. The molecule has 2 aromatic carbocycles. The molecule has 0 aliphatic carbocycles. The molecule has 0 saturated carbocycles. The summed E-state index contributed by atoms with van der Waals surface area (Å²) in [5, 5.41) is 11.3. The van der Waals surface area contributed by atoms with Crippen LogP contribution >= 0.6 is 11.8 Å². The summed E-state index contributed by atoms with van der Waals surface area (Å²) in [6, 6.07) is 11.6. The number of amides is 1. The SMILES string of the molecule is Cc1ccc(NC(=O)[C@H]2Sc3nnc(C)n3N[C@@H]2c2ccc(F)cc2)cc1C. The highest BCUT2D eigenvalue weighted by molar-refractivity contribution is 8.00. The van der Waals surface area contributed by atoms with Gasteiger partial charge in [-0.1, -0.05) is 30.0 Å². The van der Waals surface area contributed by atoms with Crippen LogP contribution in [-0.4, -0.2) is 26.0 Å². The summed E-state index contributed by atoms with van der Waals surface area (Å²) in [6.45, 7) is 5.87. The van der Waals surface area contributed by atoms with Gasteiger partial charge in [-0.2, -0.15) is 0 Å². The van der Waals surface area contributed by atoms with Crippen LogP contribution in [0.4, 0.5) is 10.1 Å². The van der Waals surface area contributed by atoms with Gasteiger partial charge in [0.1, 0.15) is 16.9 Å². The van der Waals surface area contributed by atoms with Gasteiger partial charge in [-0.25, -0.2) is 9.07 Å². The minimum atomic E-state index is -0.497. The van der Waals surface area contributed by atoms with E-state index in [4.69, 9.17) is 0 Å². The first-order chi connectivity index (χ1) is 13.4. The summed E-state index contributed by atoms with van der Waals surface area (Å²) in [4.78, 5) is 13.1. The number of carbonyl (C=O) groups is 1. The monoisotopic (exact) mass is 397 g/mol. The van der Waals surface area contributed by atoms with Crippen molar-refractivity contribution in [2.24, 2.45) is 0 Å². The number of hydrogen-bond donors (Lipinski definition) is 2. The van der Waals surface area contributed by atoms with Crippen molar-refractivity contribution < 1.29 is 9.18 Å². The molecule has 4 rings (SSSR count). The zero-order valence-corrected chi connectivity index (χ0v) is 16.5. The summed E-state index contributed by atoms with van der Waals surface area (Å²) in [7, 11) is 0. The molecule has 0 saturated heterocycles. The van der Waals surface area contributed by atoms with Crippen LogP contribution in [0.1, 0.15) is 28.6 Å². The van der Waals surface area contributed by atoms with Crippen molar-refractivity contribution in [2.75, 3.05) is 10.7 Å². The molecule has 8 heteroatoms. The lowest BCUT2D eigenvalue weighted by Gasteiger charge is -2.32. The second-order valence-corrected chi connectivity index (χ2v) is 7.96. The first-order valence-electron chi connectivity index (χ1n) is 8.91. The summed E-state index contributed by atoms with van der Waals surface area (Å²) >= 11 is 1.34. The Balaban J connectivity index is 1.65. The van der Waals surface area contributed by atoms with Crippen LogP contribution in [0.15, 0.2) is 47.6 Å². The predicted molar refractivity (Wildman–Crippen MR) is 107 cm³/mol. The van der Waals surface area contributed by atoms with Gasteiger partial charge in [0, 0.05) is 5.69 Å². The number of aromatic nitrogens is 3. The van der Waals surface area contributed by atoms with E-state index in [1.165, 1.54) is 29.5 Å². The van der Waals surface area contributed by atoms with Crippen molar-refractivity contribution in [3.63, 3.8) is 0 Å². The highest BCUT2D eigenvalue weighted by Crippen LogP contribution is 2.37. The second kappa shape index (κ2) is 7.27. The van der Waals surface area contributed by atoms with Gasteiger partial charge < -0.3 is 10.7 Å². The molecule has 6 nitrogen and oxygen atoms in total. The lowest BCUT2D eigenvalue weighted by molar-refractivity contribution is -0.116. The zero-order valence-electron chi connectivity index (χ0n) is 15.7. The Kier molecular flexibility index (Phi) is 4.80. The number of anilines is 1. The fourth-order valence-corrected chi connectivity index (χ4v) is 4.24. The van der Waals surface area contributed by atoms with E-state index in [9.17, 15) is 9.18 Å². The fourth-order valence-electron chi connectivity index (χ4n) is 3.11. The van der Waals surface area contributed by atoms with Crippen molar-refractivity contribution in [2.45, 2.75) is 37.2 Å². The highest BCUT2D eigenvalue weighted by Gasteiger charge is 2.37. The number of fused-ring (bicyclic) bond motifs is 1. The molecule has 1 aliphatic rings. The van der Waals surface area contributed by atoms with Crippen molar-refractivity contribution in [1.82, 2.24) is 14.9 Å². The first-order valence-corrected chi connectivity index (χ1v) is 9.79. The van der Waals surface area contributed by atoms with Crippen LogP contribution in [-0.2, 0) is 4.79 Å². The number of rotatable bonds is 3. The van der Waals surface area contributed by atoms with Gasteiger partial charge in [0.05, 0.1) is 6.04 Å². The predicted octanol–water partition coefficient (Wildman–Crippen LogP) is 3.74. The van der Waals surface area contributed by atoms with E-state index < -0.39 is 5.25 Å². The number of nitrogens with zero attached hydrogens (tertiary/aromatic N) is 3. The lowest BCUT2D eigenvalue weighted by Crippen LogP contribution is -2.41. The molecule has 0 bridgehead atoms. The quantitative estimate of drug-likeness (QED) is 0.704. The smallest absolute Gasteiger partial charge is 0.240 e. The Morgan fingerprint density at radius 3 is 2.57 bits per heavy atom. The van der Waals surface area contributed by atoms with Crippen LogP contribution in [0.25, 0.3) is 0 Å². The average molecular weight is 397 g/mol. The van der Waals surface area contributed by atoms with Crippen molar-refractivity contribution in [1.29, 1.82) is 0 Å². The minimum absolute atomic E-state index is 0.151. The van der Waals surface area contributed by atoms with E-state index in [1.54, 1.807) is 16.8 Å². The van der Waals surface area contributed by atoms with Gasteiger partial charge in [0.25, 0.3) is 0 Å². The molecule has 0 spiro atoms. The maximum absolute atomic E-state index is 13.4. The number of hydrogen-bond acceptors (Lipinski definition) is 5.